The third kappa shape index (κ3) is 4.07. The fraction of sp³-hybridized carbons (Fsp3) is 0.0952. The van der Waals surface area contributed by atoms with E-state index < -0.39 is 0 Å². The van der Waals surface area contributed by atoms with Gasteiger partial charge in [0.15, 0.2) is 0 Å². The summed E-state index contributed by atoms with van der Waals surface area (Å²) in [5, 5.41) is 7.72. The maximum Gasteiger partial charge on any atom is 0.0541 e. The lowest BCUT2D eigenvalue weighted by Gasteiger charge is -2.18. The van der Waals surface area contributed by atoms with Gasteiger partial charge in [-0.15, -0.1) is 0 Å². The molecule has 0 amide bonds. The minimum atomic E-state index is 0.565. The first-order valence-corrected chi connectivity index (χ1v) is 15.4. The summed E-state index contributed by atoms with van der Waals surface area (Å²) in [5.41, 5.74) is 10.1. The Bertz CT molecular complexity index is 2160. The molecule has 0 spiro atoms. The topological polar surface area (TPSA) is 4.93 Å². The van der Waals surface area contributed by atoms with Crippen molar-refractivity contribution < 1.29 is 0 Å². The number of hydrogen-bond acceptors (Lipinski definition) is 0. The van der Waals surface area contributed by atoms with Gasteiger partial charge in [-0.05, 0) is 86.0 Å². The SMILES string of the molecule is CCC(C)c1ccc(-c2c3ccccc3c(-c3ccc(-n4c5ccccc5c5ccccc54)cc3)c3ccccc23)cc1. The summed E-state index contributed by atoms with van der Waals surface area (Å²) in [6.45, 7) is 4.56. The molecule has 0 fully saturated rings. The smallest absolute Gasteiger partial charge is 0.0541 e. The van der Waals surface area contributed by atoms with Crippen LogP contribution >= 0.6 is 0 Å². The van der Waals surface area contributed by atoms with Crippen LogP contribution in [0.1, 0.15) is 31.7 Å². The number of fused-ring (bicyclic) bond motifs is 5. The summed E-state index contributed by atoms with van der Waals surface area (Å²) in [7, 11) is 0. The second-order valence-corrected chi connectivity index (χ2v) is 11.7. The van der Waals surface area contributed by atoms with E-state index in [1.807, 2.05) is 0 Å². The summed E-state index contributed by atoms with van der Waals surface area (Å²) in [6, 6.07) is 53.6. The van der Waals surface area contributed by atoms with E-state index in [1.54, 1.807) is 0 Å². The van der Waals surface area contributed by atoms with E-state index in [9.17, 15) is 0 Å². The van der Waals surface area contributed by atoms with Crippen LogP contribution in [0.5, 0.6) is 0 Å². The van der Waals surface area contributed by atoms with E-state index in [2.05, 4.69) is 164 Å². The molecule has 43 heavy (non-hydrogen) atoms. The van der Waals surface area contributed by atoms with Crippen LogP contribution in [-0.4, -0.2) is 4.57 Å². The first kappa shape index (κ1) is 25.6. The largest absolute Gasteiger partial charge is 0.309 e. The van der Waals surface area contributed by atoms with E-state index in [1.165, 1.54) is 76.9 Å². The second kappa shape index (κ2) is 10.3. The summed E-state index contributed by atoms with van der Waals surface area (Å²) in [6.07, 6.45) is 1.15. The van der Waals surface area contributed by atoms with Crippen molar-refractivity contribution in [2.45, 2.75) is 26.2 Å². The van der Waals surface area contributed by atoms with Gasteiger partial charge in [0.1, 0.15) is 0 Å². The number of para-hydroxylation sites is 2. The summed E-state index contributed by atoms with van der Waals surface area (Å²) >= 11 is 0. The maximum atomic E-state index is 2.39. The van der Waals surface area contributed by atoms with Crippen molar-refractivity contribution >= 4 is 43.4 Å². The Labute approximate surface area is 252 Å². The van der Waals surface area contributed by atoms with E-state index in [4.69, 9.17) is 0 Å². The molecule has 8 rings (SSSR count). The van der Waals surface area contributed by atoms with E-state index in [0.717, 1.165) is 6.42 Å². The highest BCUT2D eigenvalue weighted by molar-refractivity contribution is 6.21. The number of rotatable bonds is 5. The number of nitrogens with zero attached hydrogens (tertiary/aromatic N) is 1. The molecule has 7 aromatic carbocycles. The Kier molecular flexibility index (Phi) is 6.12. The summed E-state index contributed by atoms with van der Waals surface area (Å²) < 4.78 is 2.39. The average Bonchev–Trinajstić information content (AvgIpc) is 3.41. The molecule has 0 radical (unpaired) electrons. The zero-order chi connectivity index (χ0) is 28.9. The van der Waals surface area contributed by atoms with Gasteiger partial charge >= 0.3 is 0 Å². The van der Waals surface area contributed by atoms with E-state index in [0.29, 0.717) is 5.92 Å². The first-order chi connectivity index (χ1) is 21.2. The fourth-order valence-electron chi connectivity index (χ4n) is 6.94. The van der Waals surface area contributed by atoms with Crippen LogP contribution in [0.2, 0.25) is 0 Å². The van der Waals surface area contributed by atoms with Crippen LogP contribution in [0.4, 0.5) is 0 Å². The molecule has 8 aromatic rings. The lowest BCUT2D eigenvalue weighted by molar-refractivity contribution is 0.734. The quantitative estimate of drug-likeness (QED) is 0.187. The van der Waals surface area contributed by atoms with Crippen molar-refractivity contribution in [3.05, 3.63) is 151 Å². The molecule has 206 valence electrons. The average molecular weight is 552 g/mol. The van der Waals surface area contributed by atoms with Gasteiger partial charge in [0.2, 0.25) is 0 Å². The van der Waals surface area contributed by atoms with Gasteiger partial charge in [0, 0.05) is 16.5 Å². The van der Waals surface area contributed by atoms with Crippen molar-refractivity contribution in [3.63, 3.8) is 0 Å². The Morgan fingerprint density at radius 1 is 0.442 bits per heavy atom. The van der Waals surface area contributed by atoms with Gasteiger partial charge in [-0.25, -0.2) is 0 Å². The molecule has 1 nitrogen and oxygen atoms in total. The molecule has 0 saturated heterocycles. The molecule has 0 bridgehead atoms. The van der Waals surface area contributed by atoms with Crippen molar-refractivity contribution in [3.8, 4) is 27.9 Å². The molecular formula is C42H33N. The van der Waals surface area contributed by atoms with Crippen molar-refractivity contribution in [2.75, 3.05) is 0 Å². The third-order valence-corrected chi connectivity index (χ3v) is 9.31. The molecule has 1 heteroatoms. The lowest BCUT2D eigenvalue weighted by Crippen LogP contribution is -1.95. The van der Waals surface area contributed by atoms with Crippen LogP contribution in [0.15, 0.2) is 146 Å². The zero-order valence-electron chi connectivity index (χ0n) is 24.6. The third-order valence-electron chi connectivity index (χ3n) is 9.31. The van der Waals surface area contributed by atoms with Crippen molar-refractivity contribution in [1.82, 2.24) is 4.57 Å². The standard InChI is InChI=1S/C42H33N/c1-3-28(2)29-20-22-30(23-21-29)41-35-14-4-6-16-37(35)42(38-17-7-5-15-36(38)41)31-24-26-32(27-25-31)43-39-18-10-8-12-33(39)34-13-9-11-19-40(34)43/h4-28H,3H2,1-2H3. The fourth-order valence-corrected chi connectivity index (χ4v) is 6.94. The normalized spacial score (nSPS) is 12.4. The van der Waals surface area contributed by atoms with Crippen LogP contribution in [-0.2, 0) is 0 Å². The van der Waals surface area contributed by atoms with Crippen LogP contribution in [0.3, 0.4) is 0 Å². The van der Waals surface area contributed by atoms with Gasteiger partial charge in [-0.2, -0.15) is 0 Å². The molecule has 0 aliphatic carbocycles. The lowest BCUT2D eigenvalue weighted by atomic mass is 9.85. The van der Waals surface area contributed by atoms with Crippen LogP contribution < -0.4 is 0 Å². The highest BCUT2D eigenvalue weighted by Crippen LogP contribution is 2.44. The van der Waals surface area contributed by atoms with Gasteiger partial charge < -0.3 is 4.57 Å². The minimum Gasteiger partial charge on any atom is -0.309 e. The highest BCUT2D eigenvalue weighted by atomic mass is 15.0. The zero-order valence-corrected chi connectivity index (χ0v) is 24.6. The van der Waals surface area contributed by atoms with Crippen molar-refractivity contribution in [1.29, 1.82) is 0 Å². The van der Waals surface area contributed by atoms with E-state index >= 15 is 0 Å². The second-order valence-electron chi connectivity index (χ2n) is 11.7. The number of hydrogen-bond donors (Lipinski definition) is 0. The molecule has 1 aromatic heterocycles. The molecule has 1 unspecified atom stereocenters. The predicted molar refractivity (Wildman–Crippen MR) is 185 cm³/mol. The Morgan fingerprint density at radius 3 is 1.23 bits per heavy atom. The summed E-state index contributed by atoms with van der Waals surface area (Å²) in [5.74, 6) is 0.565. The predicted octanol–water partition coefficient (Wildman–Crippen LogP) is 11.9. The van der Waals surface area contributed by atoms with Gasteiger partial charge in [0.05, 0.1) is 11.0 Å². The molecule has 0 aliphatic heterocycles. The van der Waals surface area contributed by atoms with Crippen LogP contribution in [0.25, 0.3) is 71.3 Å². The monoisotopic (exact) mass is 551 g/mol. The molecule has 0 N–H and O–H groups in total. The molecular weight excluding hydrogens is 518 g/mol. The van der Waals surface area contributed by atoms with Crippen molar-refractivity contribution in [2.24, 2.45) is 0 Å². The molecule has 1 heterocycles. The highest BCUT2D eigenvalue weighted by Gasteiger charge is 2.17. The Balaban J connectivity index is 1.33. The van der Waals surface area contributed by atoms with Gasteiger partial charge in [-0.3, -0.25) is 0 Å². The molecule has 0 aliphatic rings. The van der Waals surface area contributed by atoms with Crippen LogP contribution in [0, 0.1) is 0 Å². The minimum absolute atomic E-state index is 0.565. The molecule has 0 saturated carbocycles. The van der Waals surface area contributed by atoms with Gasteiger partial charge in [0.25, 0.3) is 0 Å². The molecule has 1 atom stereocenters. The Hall–Kier alpha value is -5.14. The summed E-state index contributed by atoms with van der Waals surface area (Å²) in [4.78, 5) is 0. The Morgan fingerprint density at radius 2 is 0.814 bits per heavy atom. The first-order valence-electron chi connectivity index (χ1n) is 15.4. The van der Waals surface area contributed by atoms with Gasteiger partial charge in [-0.1, -0.05) is 135 Å². The van der Waals surface area contributed by atoms with E-state index in [-0.39, 0.29) is 0 Å². The number of aromatic nitrogens is 1. The maximum absolute atomic E-state index is 2.39. The number of benzene rings is 7.